The average Bonchev–Trinajstić information content (AvgIpc) is 3.37. The number of hydrogen-bond donors (Lipinski definition) is 0. The Bertz CT molecular complexity index is 1130. The number of ether oxygens (including phenoxy) is 4. The van der Waals surface area contributed by atoms with Crippen LogP contribution in [0.4, 0.5) is 0 Å². The molecule has 1 atom stereocenters. The summed E-state index contributed by atoms with van der Waals surface area (Å²) in [6.07, 6.45) is -0.694. The lowest BCUT2D eigenvalue weighted by atomic mass is 10.1. The van der Waals surface area contributed by atoms with Crippen LogP contribution in [0.5, 0.6) is 17.2 Å². The van der Waals surface area contributed by atoms with E-state index in [1.807, 2.05) is 24.3 Å². The number of nitrogens with zero attached hydrogens (tertiary/aromatic N) is 5. The van der Waals surface area contributed by atoms with E-state index in [2.05, 4.69) is 15.4 Å². The Balaban J connectivity index is 1.68. The van der Waals surface area contributed by atoms with Crippen LogP contribution in [0.3, 0.4) is 0 Å². The molecule has 0 saturated carbocycles. The quantitative estimate of drug-likeness (QED) is 0.612. The minimum atomic E-state index is -0.694. The summed E-state index contributed by atoms with van der Waals surface area (Å²) in [6, 6.07) is 11.0. The first-order valence-corrected chi connectivity index (χ1v) is 9.20. The third-order valence-electron chi connectivity index (χ3n) is 4.73. The molecule has 0 radical (unpaired) electrons. The molecular weight excluding hydrogens is 390 g/mol. The number of rotatable bonds is 6. The SMILES string of the molecule is COc1ccc(C2=NN(C(C)=O)[C@@H](Cn3nnc4ccccc43)O2)c(OC)c1OC. The smallest absolute Gasteiger partial charge is 0.244 e. The molecule has 0 fully saturated rings. The lowest BCUT2D eigenvalue weighted by Crippen LogP contribution is -2.35. The van der Waals surface area contributed by atoms with E-state index in [0.717, 1.165) is 11.0 Å². The van der Waals surface area contributed by atoms with Gasteiger partial charge in [-0.25, -0.2) is 4.68 Å². The first-order valence-electron chi connectivity index (χ1n) is 9.20. The number of hydrazone groups is 1. The van der Waals surface area contributed by atoms with Crippen LogP contribution in [0.25, 0.3) is 11.0 Å². The van der Waals surface area contributed by atoms with Gasteiger partial charge in [0.1, 0.15) is 12.1 Å². The molecule has 10 nitrogen and oxygen atoms in total. The molecule has 4 rings (SSSR count). The topological polar surface area (TPSA) is 100 Å². The maximum atomic E-state index is 12.2. The Hall–Kier alpha value is -3.82. The van der Waals surface area contributed by atoms with Gasteiger partial charge in [-0.05, 0) is 24.3 Å². The average molecular weight is 411 g/mol. The second-order valence-electron chi connectivity index (χ2n) is 6.48. The van der Waals surface area contributed by atoms with Gasteiger partial charge in [0, 0.05) is 6.92 Å². The van der Waals surface area contributed by atoms with Gasteiger partial charge in [-0.3, -0.25) is 4.79 Å². The third-order valence-corrected chi connectivity index (χ3v) is 4.73. The summed E-state index contributed by atoms with van der Waals surface area (Å²) in [6.45, 7) is 1.68. The van der Waals surface area contributed by atoms with E-state index in [1.54, 1.807) is 16.8 Å². The van der Waals surface area contributed by atoms with Crippen LogP contribution < -0.4 is 14.2 Å². The fraction of sp³-hybridized carbons (Fsp3) is 0.300. The summed E-state index contributed by atoms with van der Waals surface area (Å²) in [5, 5.41) is 14.0. The predicted octanol–water partition coefficient (Wildman–Crippen LogP) is 2.02. The van der Waals surface area contributed by atoms with E-state index in [9.17, 15) is 4.79 Å². The van der Waals surface area contributed by atoms with Crippen LogP contribution in [0, 0.1) is 0 Å². The summed E-state index contributed by atoms with van der Waals surface area (Å²) < 4.78 is 24.0. The van der Waals surface area contributed by atoms with Gasteiger partial charge < -0.3 is 18.9 Å². The number of carbonyl (C=O) groups excluding carboxylic acids is 1. The first-order chi connectivity index (χ1) is 14.6. The van der Waals surface area contributed by atoms with Crippen molar-refractivity contribution >= 4 is 22.8 Å². The van der Waals surface area contributed by atoms with Gasteiger partial charge in [0.2, 0.25) is 23.8 Å². The third kappa shape index (κ3) is 3.25. The molecule has 2 aromatic carbocycles. The van der Waals surface area contributed by atoms with Gasteiger partial charge in [0.15, 0.2) is 11.5 Å². The van der Waals surface area contributed by atoms with E-state index in [0.29, 0.717) is 22.8 Å². The van der Waals surface area contributed by atoms with Crippen molar-refractivity contribution in [3.8, 4) is 17.2 Å². The van der Waals surface area contributed by atoms with E-state index in [1.165, 1.54) is 33.3 Å². The molecule has 0 spiro atoms. The predicted molar refractivity (Wildman–Crippen MR) is 108 cm³/mol. The van der Waals surface area contributed by atoms with E-state index in [4.69, 9.17) is 18.9 Å². The highest BCUT2D eigenvalue weighted by Gasteiger charge is 2.35. The Kier molecular flexibility index (Phi) is 5.13. The minimum absolute atomic E-state index is 0.234. The molecule has 1 aromatic heterocycles. The minimum Gasteiger partial charge on any atom is -0.493 e. The second-order valence-corrected chi connectivity index (χ2v) is 6.48. The molecule has 1 aliphatic heterocycles. The number of amides is 1. The number of aromatic nitrogens is 3. The number of fused-ring (bicyclic) bond motifs is 1. The highest BCUT2D eigenvalue weighted by molar-refractivity contribution is 6.00. The zero-order valence-electron chi connectivity index (χ0n) is 17.0. The summed E-state index contributed by atoms with van der Waals surface area (Å²) in [4.78, 5) is 12.2. The molecule has 2 heterocycles. The van der Waals surface area contributed by atoms with Crippen molar-refractivity contribution in [1.82, 2.24) is 20.0 Å². The van der Waals surface area contributed by atoms with Crippen molar-refractivity contribution in [3.05, 3.63) is 42.0 Å². The molecule has 0 bridgehead atoms. The molecule has 1 aliphatic rings. The summed E-state index contributed by atoms with van der Waals surface area (Å²) in [5.74, 6) is 1.27. The molecule has 10 heteroatoms. The highest BCUT2D eigenvalue weighted by atomic mass is 16.5. The van der Waals surface area contributed by atoms with Gasteiger partial charge in [-0.1, -0.05) is 17.3 Å². The van der Waals surface area contributed by atoms with E-state index < -0.39 is 6.23 Å². The van der Waals surface area contributed by atoms with Crippen molar-refractivity contribution in [2.45, 2.75) is 19.7 Å². The number of benzene rings is 2. The van der Waals surface area contributed by atoms with Gasteiger partial charge in [0.05, 0.1) is 32.4 Å². The summed E-state index contributed by atoms with van der Waals surface area (Å²) >= 11 is 0. The maximum absolute atomic E-state index is 12.2. The van der Waals surface area contributed by atoms with Crippen LogP contribution in [0.15, 0.2) is 41.5 Å². The molecule has 156 valence electrons. The monoisotopic (exact) mass is 411 g/mol. The molecular formula is C20H21N5O5. The normalized spacial score (nSPS) is 15.7. The second kappa shape index (κ2) is 7.90. The van der Waals surface area contributed by atoms with E-state index >= 15 is 0 Å². The Morgan fingerprint density at radius 3 is 2.53 bits per heavy atom. The fourth-order valence-electron chi connectivity index (χ4n) is 3.34. The molecule has 0 aliphatic carbocycles. The molecule has 3 aromatic rings. The zero-order valence-corrected chi connectivity index (χ0v) is 17.0. The number of carbonyl (C=O) groups is 1. The van der Waals surface area contributed by atoms with Crippen molar-refractivity contribution in [3.63, 3.8) is 0 Å². The number of hydrogen-bond acceptors (Lipinski definition) is 8. The van der Waals surface area contributed by atoms with Gasteiger partial charge in [0.25, 0.3) is 0 Å². The summed E-state index contributed by atoms with van der Waals surface area (Å²) in [5.41, 5.74) is 2.13. The molecule has 30 heavy (non-hydrogen) atoms. The van der Waals surface area contributed by atoms with Gasteiger partial charge in [-0.2, -0.15) is 5.01 Å². The van der Waals surface area contributed by atoms with E-state index in [-0.39, 0.29) is 18.3 Å². The largest absolute Gasteiger partial charge is 0.493 e. The van der Waals surface area contributed by atoms with Gasteiger partial charge >= 0.3 is 0 Å². The molecule has 0 N–H and O–H groups in total. The van der Waals surface area contributed by atoms with Crippen molar-refractivity contribution in [2.24, 2.45) is 5.10 Å². The Morgan fingerprint density at radius 2 is 1.83 bits per heavy atom. The van der Waals surface area contributed by atoms with Crippen LogP contribution in [0.2, 0.25) is 0 Å². The number of para-hydroxylation sites is 1. The molecule has 0 saturated heterocycles. The van der Waals surface area contributed by atoms with Crippen LogP contribution in [-0.2, 0) is 16.1 Å². The van der Waals surface area contributed by atoms with Gasteiger partial charge in [-0.15, -0.1) is 10.2 Å². The Morgan fingerprint density at radius 1 is 1.07 bits per heavy atom. The van der Waals surface area contributed by atoms with Crippen LogP contribution >= 0.6 is 0 Å². The first kappa shape index (κ1) is 19.5. The maximum Gasteiger partial charge on any atom is 0.244 e. The summed E-state index contributed by atoms with van der Waals surface area (Å²) in [7, 11) is 4.57. The Labute approximate surface area is 172 Å². The molecule has 1 amide bonds. The zero-order chi connectivity index (χ0) is 21.3. The molecule has 0 unspecified atom stereocenters. The van der Waals surface area contributed by atoms with Crippen molar-refractivity contribution in [2.75, 3.05) is 21.3 Å². The lowest BCUT2D eigenvalue weighted by molar-refractivity contribution is -0.135. The van der Waals surface area contributed by atoms with Crippen molar-refractivity contribution < 1.29 is 23.7 Å². The highest BCUT2D eigenvalue weighted by Crippen LogP contribution is 2.41. The number of methoxy groups -OCH3 is 3. The fourth-order valence-corrected chi connectivity index (χ4v) is 3.34. The van der Waals surface area contributed by atoms with Crippen molar-refractivity contribution in [1.29, 1.82) is 0 Å². The lowest BCUT2D eigenvalue weighted by Gasteiger charge is -2.19. The van der Waals surface area contributed by atoms with Crippen LogP contribution in [-0.4, -0.2) is 59.4 Å². The van der Waals surface area contributed by atoms with Crippen LogP contribution in [0.1, 0.15) is 12.5 Å². The standard InChI is InChI=1S/C20H21N5O5/c1-12(26)25-17(11-24-15-8-6-5-7-14(15)21-23-24)30-20(22-25)13-9-10-16(27-2)19(29-4)18(13)28-3/h5-10,17H,11H2,1-4H3/t17-/m1/s1.